The molecule has 0 N–H and O–H groups in total. The smallest absolute Gasteiger partial charge is 0.119 e. The SMILES string of the molecule is CCCCCCCc1ccc(-c2ccc(OCCCCCCCC3CCCC3)cc2)nc1. The molecular formula is C30H45NO. The van der Waals surface area contributed by atoms with E-state index in [9.17, 15) is 0 Å². The number of unbranched alkanes of at least 4 members (excludes halogenated alkanes) is 8. The fourth-order valence-corrected chi connectivity index (χ4v) is 4.95. The zero-order valence-electron chi connectivity index (χ0n) is 20.5. The van der Waals surface area contributed by atoms with Crippen molar-refractivity contribution in [3.63, 3.8) is 0 Å². The number of pyridine rings is 1. The normalized spacial score (nSPS) is 14.2. The first-order valence-electron chi connectivity index (χ1n) is 13.5. The lowest BCUT2D eigenvalue weighted by atomic mass is 9.99. The third kappa shape index (κ3) is 9.35. The summed E-state index contributed by atoms with van der Waals surface area (Å²) in [4.78, 5) is 4.69. The topological polar surface area (TPSA) is 22.1 Å². The van der Waals surface area contributed by atoms with Gasteiger partial charge in [-0.2, -0.15) is 0 Å². The Morgan fingerprint density at radius 2 is 1.50 bits per heavy atom. The summed E-state index contributed by atoms with van der Waals surface area (Å²) < 4.78 is 5.96. The molecule has 176 valence electrons. The Bertz CT molecular complexity index is 716. The van der Waals surface area contributed by atoms with Crippen LogP contribution >= 0.6 is 0 Å². The van der Waals surface area contributed by atoms with Gasteiger partial charge in [-0.15, -0.1) is 0 Å². The predicted molar refractivity (Wildman–Crippen MR) is 137 cm³/mol. The monoisotopic (exact) mass is 435 g/mol. The second-order valence-corrected chi connectivity index (χ2v) is 9.80. The first kappa shape index (κ1) is 24.8. The van der Waals surface area contributed by atoms with Crippen molar-refractivity contribution in [2.45, 2.75) is 110 Å². The van der Waals surface area contributed by atoms with Crippen LogP contribution in [0.25, 0.3) is 11.3 Å². The van der Waals surface area contributed by atoms with Crippen molar-refractivity contribution in [1.29, 1.82) is 0 Å². The molecule has 0 atom stereocenters. The molecule has 1 aromatic carbocycles. The number of hydrogen-bond acceptors (Lipinski definition) is 2. The highest BCUT2D eigenvalue weighted by Gasteiger charge is 2.13. The fourth-order valence-electron chi connectivity index (χ4n) is 4.95. The van der Waals surface area contributed by atoms with Crippen molar-refractivity contribution in [1.82, 2.24) is 4.98 Å². The van der Waals surface area contributed by atoms with Crippen molar-refractivity contribution in [2.75, 3.05) is 6.61 Å². The van der Waals surface area contributed by atoms with E-state index in [1.54, 1.807) is 0 Å². The van der Waals surface area contributed by atoms with Crippen molar-refractivity contribution in [3.8, 4) is 17.0 Å². The molecule has 0 aliphatic heterocycles. The number of ether oxygens (including phenoxy) is 1. The Morgan fingerprint density at radius 1 is 0.781 bits per heavy atom. The third-order valence-corrected chi connectivity index (χ3v) is 7.04. The van der Waals surface area contributed by atoms with E-state index in [4.69, 9.17) is 4.74 Å². The molecule has 1 aliphatic carbocycles. The van der Waals surface area contributed by atoms with Gasteiger partial charge in [-0.25, -0.2) is 0 Å². The molecule has 0 saturated heterocycles. The van der Waals surface area contributed by atoms with E-state index in [1.165, 1.54) is 95.5 Å². The summed E-state index contributed by atoms with van der Waals surface area (Å²) >= 11 is 0. The van der Waals surface area contributed by atoms with Crippen molar-refractivity contribution in [2.24, 2.45) is 5.92 Å². The van der Waals surface area contributed by atoms with E-state index < -0.39 is 0 Å². The summed E-state index contributed by atoms with van der Waals surface area (Å²) in [6.07, 6.45) is 23.9. The summed E-state index contributed by atoms with van der Waals surface area (Å²) in [5, 5.41) is 0. The molecule has 1 saturated carbocycles. The molecule has 1 heterocycles. The zero-order chi connectivity index (χ0) is 22.3. The average Bonchev–Trinajstić information content (AvgIpc) is 3.35. The molecule has 0 amide bonds. The molecule has 32 heavy (non-hydrogen) atoms. The average molecular weight is 436 g/mol. The van der Waals surface area contributed by atoms with Gasteiger partial charge in [-0.05, 0) is 61.1 Å². The summed E-state index contributed by atoms with van der Waals surface area (Å²) in [6, 6.07) is 12.8. The van der Waals surface area contributed by atoms with Gasteiger partial charge in [0, 0.05) is 11.8 Å². The van der Waals surface area contributed by atoms with Crippen LogP contribution in [0, 0.1) is 5.92 Å². The van der Waals surface area contributed by atoms with Gasteiger partial charge in [0.15, 0.2) is 0 Å². The minimum Gasteiger partial charge on any atom is -0.494 e. The quantitative estimate of drug-likeness (QED) is 0.245. The maximum Gasteiger partial charge on any atom is 0.119 e. The Balaban J connectivity index is 1.27. The lowest BCUT2D eigenvalue weighted by Gasteiger charge is -2.09. The number of rotatable bonds is 16. The van der Waals surface area contributed by atoms with Crippen molar-refractivity contribution >= 4 is 0 Å². The number of aromatic nitrogens is 1. The first-order valence-corrected chi connectivity index (χ1v) is 13.5. The molecule has 3 rings (SSSR count). The lowest BCUT2D eigenvalue weighted by Crippen LogP contribution is -1.97. The van der Waals surface area contributed by atoms with Crippen LogP contribution in [-0.2, 0) is 6.42 Å². The highest BCUT2D eigenvalue weighted by molar-refractivity contribution is 5.60. The maximum absolute atomic E-state index is 5.96. The molecule has 1 fully saturated rings. The van der Waals surface area contributed by atoms with Gasteiger partial charge in [0.05, 0.1) is 12.3 Å². The van der Waals surface area contributed by atoms with Gasteiger partial charge >= 0.3 is 0 Å². The standard InChI is InChI=1S/C30H45NO/c1-2-3-4-6-10-17-27-18-23-30(31-25-27)28-19-21-29(22-20-28)32-24-13-8-5-7-9-14-26-15-11-12-16-26/h18-23,25-26H,2-17,24H2,1H3. The molecule has 2 nitrogen and oxygen atoms in total. The van der Waals surface area contributed by atoms with Crippen molar-refractivity contribution in [3.05, 3.63) is 48.2 Å². The highest BCUT2D eigenvalue weighted by Crippen LogP contribution is 2.29. The van der Waals surface area contributed by atoms with E-state index in [1.807, 2.05) is 6.20 Å². The van der Waals surface area contributed by atoms with Gasteiger partial charge in [-0.1, -0.05) is 96.5 Å². The van der Waals surface area contributed by atoms with E-state index >= 15 is 0 Å². The van der Waals surface area contributed by atoms with E-state index in [0.717, 1.165) is 42.4 Å². The number of aryl methyl sites for hydroxylation is 1. The number of hydrogen-bond donors (Lipinski definition) is 0. The minimum atomic E-state index is 0.827. The number of benzene rings is 1. The summed E-state index contributed by atoms with van der Waals surface area (Å²) in [5.41, 5.74) is 3.56. The maximum atomic E-state index is 5.96. The van der Waals surface area contributed by atoms with Crippen LogP contribution in [0.15, 0.2) is 42.6 Å². The molecule has 2 heteroatoms. The molecule has 2 aromatic rings. The molecule has 0 bridgehead atoms. The lowest BCUT2D eigenvalue weighted by molar-refractivity contribution is 0.304. The molecule has 1 aromatic heterocycles. The molecule has 0 unspecified atom stereocenters. The van der Waals surface area contributed by atoms with Gasteiger partial charge < -0.3 is 4.74 Å². The second kappa shape index (κ2) is 15.1. The largest absolute Gasteiger partial charge is 0.494 e. The Hall–Kier alpha value is -1.83. The first-order chi connectivity index (χ1) is 15.8. The van der Waals surface area contributed by atoms with Crippen LogP contribution < -0.4 is 4.74 Å². The van der Waals surface area contributed by atoms with Crippen LogP contribution in [0.5, 0.6) is 5.75 Å². The van der Waals surface area contributed by atoms with Gasteiger partial charge in [0.25, 0.3) is 0 Å². The van der Waals surface area contributed by atoms with Gasteiger partial charge in [0.1, 0.15) is 5.75 Å². The molecule has 1 aliphatic rings. The Kier molecular flexibility index (Phi) is 11.7. The Labute approximate surface area is 197 Å². The summed E-state index contributed by atoms with van der Waals surface area (Å²) in [6.45, 7) is 3.09. The Morgan fingerprint density at radius 3 is 2.25 bits per heavy atom. The van der Waals surface area contributed by atoms with Crippen LogP contribution in [0.3, 0.4) is 0 Å². The number of nitrogens with zero attached hydrogens (tertiary/aromatic N) is 1. The van der Waals surface area contributed by atoms with E-state index in [0.29, 0.717) is 0 Å². The van der Waals surface area contributed by atoms with Crippen LogP contribution in [-0.4, -0.2) is 11.6 Å². The van der Waals surface area contributed by atoms with E-state index in [-0.39, 0.29) is 0 Å². The molecule has 0 radical (unpaired) electrons. The second-order valence-electron chi connectivity index (χ2n) is 9.80. The van der Waals surface area contributed by atoms with E-state index in [2.05, 4.69) is 48.3 Å². The zero-order valence-corrected chi connectivity index (χ0v) is 20.5. The van der Waals surface area contributed by atoms with Crippen LogP contribution in [0.4, 0.5) is 0 Å². The molecular weight excluding hydrogens is 390 g/mol. The minimum absolute atomic E-state index is 0.827. The fraction of sp³-hybridized carbons (Fsp3) is 0.633. The van der Waals surface area contributed by atoms with Gasteiger partial charge in [-0.3, -0.25) is 4.98 Å². The third-order valence-electron chi connectivity index (χ3n) is 7.04. The molecule has 0 spiro atoms. The predicted octanol–water partition coefficient (Wildman–Crippen LogP) is 9.17. The van der Waals surface area contributed by atoms with Crippen LogP contribution in [0.2, 0.25) is 0 Å². The van der Waals surface area contributed by atoms with Crippen molar-refractivity contribution < 1.29 is 4.74 Å². The van der Waals surface area contributed by atoms with Gasteiger partial charge in [0.2, 0.25) is 0 Å². The summed E-state index contributed by atoms with van der Waals surface area (Å²) in [5.74, 6) is 2.02. The highest BCUT2D eigenvalue weighted by atomic mass is 16.5. The van der Waals surface area contributed by atoms with Crippen LogP contribution in [0.1, 0.15) is 109 Å². The summed E-state index contributed by atoms with van der Waals surface area (Å²) in [7, 11) is 0.